The van der Waals surface area contributed by atoms with E-state index < -0.39 is 5.60 Å². The molecule has 56 valence electrons. The van der Waals surface area contributed by atoms with Crippen molar-refractivity contribution in [2.45, 2.75) is 19.4 Å². The van der Waals surface area contributed by atoms with Gasteiger partial charge >= 0.3 is 5.97 Å². The third kappa shape index (κ3) is 1.04. The molecule has 0 unspecified atom stereocenters. The first-order valence-corrected chi connectivity index (χ1v) is 3.11. The van der Waals surface area contributed by atoms with E-state index in [2.05, 4.69) is 0 Å². The highest BCUT2D eigenvalue weighted by Gasteiger charge is 2.32. The summed E-state index contributed by atoms with van der Waals surface area (Å²) in [6.45, 7) is 3.18. The molecule has 0 aliphatic carbocycles. The first-order chi connectivity index (χ1) is 4.57. The molecule has 0 spiro atoms. The largest absolute Gasteiger partial charge is 0.449 e. The predicted molar refractivity (Wildman–Crippen MR) is 35.3 cm³/mol. The van der Waals surface area contributed by atoms with Crippen molar-refractivity contribution in [3.8, 4) is 0 Å². The van der Waals surface area contributed by atoms with Gasteiger partial charge in [-0.3, -0.25) is 0 Å². The normalized spacial score (nSPS) is 31.9. The Morgan fingerprint density at radius 1 is 1.80 bits per heavy atom. The second kappa shape index (κ2) is 2.09. The molecule has 0 aromatic rings. The quantitative estimate of drug-likeness (QED) is 0.533. The van der Waals surface area contributed by atoms with E-state index in [-0.39, 0.29) is 12.6 Å². The minimum absolute atomic E-state index is 0.157. The fourth-order valence-corrected chi connectivity index (χ4v) is 0.917. The van der Waals surface area contributed by atoms with Crippen molar-refractivity contribution in [1.29, 1.82) is 0 Å². The number of hydrogen-bond donors (Lipinski definition) is 1. The number of hydrogen-bond acceptors (Lipinski definition) is 3. The van der Waals surface area contributed by atoms with Crippen molar-refractivity contribution in [1.82, 2.24) is 0 Å². The van der Waals surface area contributed by atoms with Gasteiger partial charge in [0.05, 0.1) is 6.61 Å². The summed E-state index contributed by atoms with van der Waals surface area (Å²) in [5, 5.41) is 8.74. The monoisotopic (exact) mass is 142 g/mol. The number of rotatable bonds is 1. The van der Waals surface area contributed by atoms with Crippen molar-refractivity contribution < 1.29 is 14.6 Å². The van der Waals surface area contributed by atoms with Gasteiger partial charge in [0, 0.05) is 5.57 Å². The van der Waals surface area contributed by atoms with Crippen LogP contribution in [0.3, 0.4) is 0 Å². The van der Waals surface area contributed by atoms with Gasteiger partial charge in [-0.2, -0.15) is 0 Å². The lowest BCUT2D eigenvalue weighted by molar-refractivity contribution is -0.147. The maximum absolute atomic E-state index is 10.7. The third-order valence-electron chi connectivity index (χ3n) is 1.48. The van der Waals surface area contributed by atoms with Gasteiger partial charge < -0.3 is 9.84 Å². The van der Waals surface area contributed by atoms with Crippen LogP contribution in [0.1, 0.15) is 13.8 Å². The van der Waals surface area contributed by atoms with E-state index in [1.54, 1.807) is 19.9 Å². The van der Waals surface area contributed by atoms with E-state index in [0.29, 0.717) is 5.57 Å². The summed E-state index contributed by atoms with van der Waals surface area (Å²) >= 11 is 0. The number of aliphatic hydroxyl groups is 1. The van der Waals surface area contributed by atoms with Crippen LogP contribution < -0.4 is 0 Å². The first kappa shape index (κ1) is 7.28. The Morgan fingerprint density at radius 2 is 2.40 bits per heavy atom. The molecule has 0 saturated heterocycles. The summed E-state index contributed by atoms with van der Waals surface area (Å²) in [5.74, 6) is -0.337. The first-order valence-electron chi connectivity index (χ1n) is 3.11. The lowest BCUT2D eigenvalue weighted by atomic mass is 10.1. The molecule has 1 heterocycles. The van der Waals surface area contributed by atoms with Crippen LogP contribution in [0.15, 0.2) is 11.6 Å². The van der Waals surface area contributed by atoms with E-state index >= 15 is 0 Å². The number of carbonyl (C=O) groups excluding carboxylic acids is 1. The summed E-state index contributed by atoms with van der Waals surface area (Å²) in [5.41, 5.74) is -0.210. The molecule has 3 heteroatoms. The van der Waals surface area contributed by atoms with E-state index in [1.165, 1.54) is 0 Å². The average molecular weight is 142 g/mol. The smallest absolute Gasteiger partial charge is 0.334 e. The number of carbonyl (C=O) groups is 1. The molecule has 0 aromatic heterocycles. The van der Waals surface area contributed by atoms with Gasteiger partial charge in [-0.05, 0) is 19.9 Å². The Kier molecular flexibility index (Phi) is 1.52. The Bertz CT molecular complexity index is 195. The van der Waals surface area contributed by atoms with Crippen LogP contribution in [0.25, 0.3) is 0 Å². The lowest BCUT2D eigenvalue weighted by Gasteiger charge is -2.16. The fourth-order valence-electron chi connectivity index (χ4n) is 0.917. The summed E-state index contributed by atoms with van der Waals surface area (Å²) < 4.78 is 4.83. The number of aliphatic hydroxyl groups excluding tert-OH is 1. The van der Waals surface area contributed by atoms with E-state index in [9.17, 15) is 4.79 Å². The maximum Gasteiger partial charge on any atom is 0.334 e. The molecule has 1 aliphatic heterocycles. The standard InChI is InChI=1S/C7H10O3/c1-5-3-7(2,4-8)10-6(5)9/h3,8H,4H2,1-2H3/t7-/m1/s1. The zero-order valence-electron chi connectivity index (χ0n) is 6.05. The predicted octanol–water partition coefficient (Wildman–Crippen LogP) is 0.240. The van der Waals surface area contributed by atoms with Crippen LogP contribution in [0.5, 0.6) is 0 Å². The van der Waals surface area contributed by atoms with Crippen LogP contribution in [0, 0.1) is 0 Å². The summed E-state index contributed by atoms with van der Waals surface area (Å²) in [7, 11) is 0. The van der Waals surface area contributed by atoms with Crippen LogP contribution in [-0.2, 0) is 9.53 Å². The van der Waals surface area contributed by atoms with Gasteiger partial charge in [-0.25, -0.2) is 4.79 Å². The zero-order valence-corrected chi connectivity index (χ0v) is 6.05. The Hall–Kier alpha value is -0.830. The zero-order chi connectivity index (χ0) is 7.78. The fraction of sp³-hybridized carbons (Fsp3) is 0.571. The second-order valence-electron chi connectivity index (χ2n) is 2.69. The van der Waals surface area contributed by atoms with Crippen LogP contribution in [0.4, 0.5) is 0 Å². The highest BCUT2D eigenvalue weighted by Crippen LogP contribution is 2.22. The molecular formula is C7H10O3. The number of ether oxygens (including phenoxy) is 1. The highest BCUT2D eigenvalue weighted by molar-refractivity contribution is 5.90. The third-order valence-corrected chi connectivity index (χ3v) is 1.48. The van der Waals surface area contributed by atoms with Crippen molar-refractivity contribution in [2.75, 3.05) is 6.61 Å². The topological polar surface area (TPSA) is 46.5 Å². The van der Waals surface area contributed by atoms with Gasteiger partial charge in [0.1, 0.15) is 0 Å². The minimum Gasteiger partial charge on any atom is -0.449 e. The summed E-state index contributed by atoms with van der Waals surface area (Å²) in [6, 6.07) is 0. The van der Waals surface area contributed by atoms with Crippen LogP contribution in [0.2, 0.25) is 0 Å². The van der Waals surface area contributed by atoms with Gasteiger partial charge in [0.15, 0.2) is 5.60 Å². The number of cyclic esters (lactones) is 1. The van der Waals surface area contributed by atoms with Gasteiger partial charge in [-0.1, -0.05) is 0 Å². The van der Waals surface area contributed by atoms with Crippen molar-refractivity contribution in [3.63, 3.8) is 0 Å². The molecule has 0 amide bonds. The summed E-state index contributed by atoms with van der Waals surface area (Å²) in [6.07, 6.45) is 1.63. The average Bonchev–Trinajstić information content (AvgIpc) is 2.10. The molecule has 0 aromatic carbocycles. The van der Waals surface area contributed by atoms with Crippen LogP contribution >= 0.6 is 0 Å². The molecule has 1 atom stereocenters. The highest BCUT2D eigenvalue weighted by atomic mass is 16.6. The van der Waals surface area contributed by atoms with Gasteiger partial charge in [0.25, 0.3) is 0 Å². The van der Waals surface area contributed by atoms with Crippen molar-refractivity contribution in [2.24, 2.45) is 0 Å². The number of esters is 1. The molecule has 1 N–H and O–H groups in total. The van der Waals surface area contributed by atoms with Gasteiger partial charge in [-0.15, -0.1) is 0 Å². The minimum atomic E-state index is -0.777. The van der Waals surface area contributed by atoms with E-state index in [4.69, 9.17) is 9.84 Å². The molecular weight excluding hydrogens is 132 g/mol. The van der Waals surface area contributed by atoms with E-state index in [1.807, 2.05) is 0 Å². The molecule has 1 aliphatic rings. The summed E-state index contributed by atoms with van der Waals surface area (Å²) in [4.78, 5) is 10.7. The van der Waals surface area contributed by atoms with Crippen molar-refractivity contribution >= 4 is 5.97 Å². The molecule has 0 fully saturated rings. The van der Waals surface area contributed by atoms with E-state index in [0.717, 1.165) is 0 Å². The van der Waals surface area contributed by atoms with Crippen LogP contribution in [-0.4, -0.2) is 23.3 Å². The maximum atomic E-state index is 10.7. The molecule has 1 rings (SSSR count). The Morgan fingerprint density at radius 3 is 2.60 bits per heavy atom. The molecule has 10 heavy (non-hydrogen) atoms. The Labute approximate surface area is 59.3 Å². The molecule has 0 radical (unpaired) electrons. The lowest BCUT2D eigenvalue weighted by Crippen LogP contribution is -2.28. The molecule has 3 nitrogen and oxygen atoms in total. The van der Waals surface area contributed by atoms with Gasteiger partial charge in [0.2, 0.25) is 0 Å². The molecule has 0 bridgehead atoms. The Balaban J connectivity index is 2.82. The SMILES string of the molecule is CC1=C[C@](C)(CO)OC1=O. The van der Waals surface area contributed by atoms with Crippen molar-refractivity contribution in [3.05, 3.63) is 11.6 Å². The molecule has 0 saturated carbocycles. The second-order valence-corrected chi connectivity index (χ2v) is 2.69.